The fourth-order valence-corrected chi connectivity index (χ4v) is 1.64. The molecule has 0 saturated carbocycles. The van der Waals surface area contributed by atoms with E-state index in [1.54, 1.807) is 12.1 Å². The SMILES string of the molecule is O=C1Cc2cccc(C(O)C(=O)O)c2N1. The summed E-state index contributed by atoms with van der Waals surface area (Å²) < 4.78 is 0. The summed E-state index contributed by atoms with van der Waals surface area (Å²) in [5.74, 6) is -1.51. The first kappa shape index (κ1) is 9.67. The molecule has 5 heteroatoms. The van der Waals surface area contributed by atoms with Gasteiger partial charge in [-0.25, -0.2) is 4.79 Å². The van der Waals surface area contributed by atoms with Gasteiger partial charge in [-0.05, 0) is 5.56 Å². The van der Waals surface area contributed by atoms with Crippen LogP contribution in [-0.4, -0.2) is 22.1 Å². The summed E-state index contributed by atoms with van der Waals surface area (Å²) in [5, 5.41) is 20.6. The van der Waals surface area contributed by atoms with Crippen LogP contribution in [0.1, 0.15) is 17.2 Å². The monoisotopic (exact) mass is 207 g/mol. The van der Waals surface area contributed by atoms with E-state index < -0.39 is 12.1 Å². The molecular formula is C10H9NO4. The van der Waals surface area contributed by atoms with Crippen molar-refractivity contribution >= 4 is 17.6 Å². The van der Waals surface area contributed by atoms with E-state index in [9.17, 15) is 14.7 Å². The number of aliphatic hydroxyl groups is 1. The number of aliphatic hydroxyl groups excluding tert-OH is 1. The molecule has 15 heavy (non-hydrogen) atoms. The highest BCUT2D eigenvalue weighted by Crippen LogP contribution is 2.31. The second kappa shape index (κ2) is 3.36. The Labute approximate surface area is 85.3 Å². The number of hydrogen-bond acceptors (Lipinski definition) is 3. The second-order valence-corrected chi connectivity index (χ2v) is 3.35. The molecule has 1 atom stereocenters. The van der Waals surface area contributed by atoms with Gasteiger partial charge in [0.05, 0.1) is 12.1 Å². The van der Waals surface area contributed by atoms with Gasteiger partial charge >= 0.3 is 5.97 Å². The van der Waals surface area contributed by atoms with Gasteiger partial charge in [0.25, 0.3) is 0 Å². The molecule has 78 valence electrons. The van der Waals surface area contributed by atoms with Gasteiger partial charge < -0.3 is 15.5 Å². The van der Waals surface area contributed by atoms with Gasteiger partial charge in [-0.15, -0.1) is 0 Å². The van der Waals surface area contributed by atoms with E-state index in [0.717, 1.165) is 5.56 Å². The number of rotatable bonds is 2. The van der Waals surface area contributed by atoms with Crippen LogP contribution in [0.25, 0.3) is 0 Å². The van der Waals surface area contributed by atoms with Crippen LogP contribution in [0.4, 0.5) is 5.69 Å². The predicted molar refractivity (Wildman–Crippen MR) is 51.4 cm³/mol. The number of fused-ring (bicyclic) bond motifs is 1. The number of para-hydroxylation sites is 1. The highest BCUT2D eigenvalue weighted by molar-refractivity contribution is 6.00. The number of aliphatic carboxylic acids is 1. The zero-order chi connectivity index (χ0) is 11.0. The van der Waals surface area contributed by atoms with Crippen molar-refractivity contribution in [2.75, 3.05) is 5.32 Å². The van der Waals surface area contributed by atoms with Crippen LogP contribution in [0.2, 0.25) is 0 Å². The van der Waals surface area contributed by atoms with E-state index in [1.165, 1.54) is 6.07 Å². The molecule has 5 nitrogen and oxygen atoms in total. The minimum absolute atomic E-state index is 0.185. The molecule has 0 spiro atoms. The van der Waals surface area contributed by atoms with Crippen LogP contribution < -0.4 is 5.32 Å². The van der Waals surface area contributed by atoms with E-state index in [-0.39, 0.29) is 17.9 Å². The predicted octanol–water partition coefficient (Wildman–Crippen LogP) is 0.299. The lowest BCUT2D eigenvalue weighted by molar-refractivity contribution is -0.146. The topological polar surface area (TPSA) is 86.6 Å². The number of amides is 1. The van der Waals surface area contributed by atoms with Crippen molar-refractivity contribution in [1.29, 1.82) is 0 Å². The van der Waals surface area contributed by atoms with Crippen molar-refractivity contribution in [3.8, 4) is 0 Å². The molecule has 0 bridgehead atoms. The first-order valence-electron chi connectivity index (χ1n) is 4.42. The van der Waals surface area contributed by atoms with Crippen molar-refractivity contribution < 1.29 is 19.8 Å². The lowest BCUT2D eigenvalue weighted by Gasteiger charge is -2.10. The summed E-state index contributed by atoms with van der Waals surface area (Å²) in [4.78, 5) is 21.7. The van der Waals surface area contributed by atoms with E-state index in [2.05, 4.69) is 5.32 Å². The van der Waals surface area contributed by atoms with Crippen molar-refractivity contribution in [3.05, 3.63) is 29.3 Å². The minimum atomic E-state index is -1.60. The molecule has 0 aromatic heterocycles. The number of carbonyl (C=O) groups is 2. The summed E-state index contributed by atoms with van der Waals surface area (Å²) in [6.45, 7) is 0. The molecule has 1 aliphatic rings. The summed E-state index contributed by atoms with van der Waals surface area (Å²) in [6, 6.07) is 4.84. The molecular weight excluding hydrogens is 198 g/mol. The summed E-state index contributed by atoms with van der Waals surface area (Å²) in [5.41, 5.74) is 1.38. The van der Waals surface area contributed by atoms with Crippen LogP contribution in [0.3, 0.4) is 0 Å². The van der Waals surface area contributed by atoms with Gasteiger partial charge in [0.1, 0.15) is 0 Å². The Morgan fingerprint density at radius 1 is 1.47 bits per heavy atom. The molecule has 1 amide bonds. The maximum Gasteiger partial charge on any atom is 0.337 e. The third-order valence-corrected chi connectivity index (χ3v) is 2.33. The van der Waals surface area contributed by atoms with Crippen molar-refractivity contribution in [2.24, 2.45) is 0 Å². The number of benzene rings is 1. The Hall–Kier alpha value is -1.88. The molecule has 1 unspecified atom stereocenters. The largest absolute Gasteiger partial charge is 0.479 e. The summed E-state index contributed by atoms with van der Waals surface area (Å²) in [6.07, 6.45) is -1.37. The number of carbonyl (C=O) groups excluding carboxylic acids is 1. The van der Waals surface area contributed by atoms with E-state index >= 15 is 0 Å². The average Bonchev–Trinajstić information content (AvgIpc) is 2.56. The first-order chi connectivity index (χ1) is 7.09. The van der Waals surface area contributed by atoms with Gasteiger partial charge in [0.15, 0.2) is 6.10 Å². The van der Waals surface area contributed by atoms with E-state index in [1.807, 2.05) is 0 Å². The highest BCUT2D eigenvalue weighted by Gasteiger charge is 2.26. The lowest BCUT2D eigenvalue weighted by Crippen LogP contribution is -2.13. The molecule has 1 aromatic carbocycles. The molecule has 0 radical (unpaired) electrons. The fraction of sp³-hybridized carbons (Fsp3) is 0.200. The lowest BCUT2D eigenvalue weighted by atomic mass is 10.0. The third kappa shape index (κ3) is 1.57. The molecule has 2 rings (SSSR count). The molecule has 1 aliphatic heterocycles. The van der Waals surface area contributed by atoms with Crippen LogP contribution in [0.15, 0.2) is 18.2 Å². The maximum absolute atomic E-state index is 11.1. The number of nitrogens with one attached hydrogen (secondary N) is 1. The van der Waals surface area contributed by atoms with E-state index in [0.29, 0.717) is 5.69 Å². The van der Waals surface area contributed by atoms with Crippen LogP contribution in [0, 0.1) is 0 Å². The van der Waals surface area contributed by atoms with Crippen molar-refractivity contribution in [3.63, 3.8) is 0 Å². The normalized spacial score (nSPS) is 15.7. The Kier molecular flexibility index (Phi) is 2.17. The second-order valence-electron chi connectivity index (χ2n) is 3.35. The quantitative estimate of drug-likeness (QED) is 0.650. The van der Waals surface area contributed by atoms with E-state index in [4.69, 9.17) is 5.11 Å². The number of anilines is 1. The summed E-state index contributed by atoms with van der Waals surface area (Å²) >= 11 is 0. The first-order valence-corrected chi connectivity index (χ1v) is 4.42. The van der Waals surface area contributed by atoms with Gasteiger partial charge in [-0.2, -0.15) is 0 Å². The zero-order valence-corrected chi connectivity index (χ0v) is 7.73. The van der Waals surface area contributed by atoms with Crippen LogP contribution in [0.5, 0.6) is 0 Å². The minimum Gasteiger partial charge on any atom is -0.479 e. The van der Waals surface area contributed by atoms with Crippen LogP contribution >= 0.6 is 0 Å². The molecule has 0 aliphatic carbocycles. The zero-order valence-electron chi connectivity index (χ0n) is 7.73. The van der Waals surface area contributed by atoms with Crippen molar-refractivity contribution in [2.45, 2.75) is 12.5 Å². The Balaban J connectivity index is 2.47. The number of hydrogen-bond donors (Lipinski definition) is 3. The molecule has 1 aromatic rings. The Bertz CT molecular complexity index is 441. The smallest absolute Gasteiger partial charge is 0.337 e. The Morgan fingerprint density at radius 3 is 2.87 bits per heavy atom. The van der Waals surface area contributed by atoms with Crippen molar-refractivity contribution in [1.82, 2.24) is 0 Å². The van der Waals surface area contributed by atoms with Gasteiger partial charge in [-0.1, -0.05) is 18.2 Å². The van der Waals surface area contributed by atoms with Gasteiger partial charge in [-0.3, -0.25) is 4.79 Å². The third-order valence-electron chi connectivity index (χ3n) is 2.33. The van der Waals surface area contributed by atoms with Gasteiger partial charge in [0.2, 0.25) is 5.91 Å². The fourth-order valence-electron chi connectivity index (χ4n) is 1.64. The maximum atomic E-state index is 11.1. The average molecular weight is 207 g/mol. The standard InChI is InChI=1S/C10H9NO4/c12-7-4-5-2-1-3-6(8(5)11-7)9(13)10(14)15/h1-3,9,13H,4H2,(H,11,12)(H,14,15). The van der Waals surface area contributed by atoms with Gasteiger partial charge in [0, 0.05) is 5.56 Å². The van der Waals surface area contributed by atoms with Crippen LogP contribution in [-0.2, 0) is 16.0 Å². The Morgan fingerprint density at radius 2 is 2.20 bits per heavy atom. The number of carboxylic acids is 1. The highest BCUT2D eigenvalue weighted by atomic mass is 16.4. The molecule has 3 N–H and O–H groups in total. The summed E-state index contributed by atoms with van der Waals surface area (Å²) in [7, 11) is 0. The molecule has 1 heterocycles. The molecule has 0 saturated heterocycles. The molecule has 0 fully saturated rings. The number of carboxylic acid groups (broad SMARTS) is 1.